The van der Waals surface area contributed by atoms with Gasteiger partial charge in [-0.15, -0.1) is 11.3 Å². The molecule has 1 fully saturated rings. The molecule has 0 radical (unpaired) electrons. The Morgan fingerprint density at radius 1 is 1.23 bits per heavy atom. The Morgan fingerprint density at radius 3 is 2.60 bits per heavy atom. The minimum absolute atomic E-state index is 0.0310. The number of halogens is 1. The standard InChI is InChI=1S/C22H22FNO4S2/c1-14-17-5-3-4-6-19(17)29-21(14)24(12-11-15-7-8-15)30(26,27)20-10-9-16(13-18(20)23)22(25)28-2/h3-6,9-10,13,15H,7-8,11-12H2,1-2H3. The molecule has 3 aromatic rings. The number of hydrogen-bond donors (Lipinski definition) is 0. The van der Waals surface area contributed by atoms with E-state index in [1.807, 2.05) is 31.2 Å². The van der Waals surface area contributed by atoms with Gasteiger partial charge in [0, 0.05) is 11.2 Å². The van der Waals surface area contributed by atoms with E-state index < -0.39 is 26.7 Å². The number of anilines is 1. The zero-order chi connectivity index (χ0) is 21.5. The lowest BCUT2D eigenvalue weighted by Gasteiger charge is -2.24. The second-order valence-corrected chi connectivity index (χ2v) is 10.3. The Bertz CT molecular complexity index is 1220. The van der Waals surface area contributed by atoms with Gasteiger partial charge in [0.2, 0.25) is 0 Å². The lowest BCUT2D eigenvalue weighted by Crippen LogP contribution is -2.32. The summed E-state index contributed by atoms with van der Waals surface area (Å²) in [5, 5.41) is 1.60. The van der Waals surface area contributed by atoms with Crippen molar-refractivity contribution in [2.24, 2.45) is 5.92 Å². The number of fused-ring (bicyclic) bond motifs is 1. The van der Waals surface area contributed by atoms with E-state index in [1.54, 1.807) is 0 Å². The molecule has 4 rings (SSSR count). The lowest BCUT2D eigenvalue weighted by molar-refractivity contribution is 0.0600. The van der Waals surface area contributed by atoms with Crippen molar-refractivity contribution in [1.29, 1.82) is 0 Å². The van der Waals surface area contributed by atoms with E-state index >= 15 is 0 Å². The van der Waals surface area contributed by atoms with Crippen molar-refractivity contribution in [3.8, 4) is 0 Å². The number of sulfonamides is 1. The molecule has 5 nitrogen and oxygen atoms in total. The van der Waals surface area contributed by atoms with Crippen LogP contribution in [0.1, 0.15) is 35.2 Å². The normalized spacial score (nSPS) is 14.1. The van der Waals surface area contributed by atoms with Crippen LogP contribution in [0.25, 0.3) is 10.1 Å². The Labute approximate surface area is 179 Å². The maximum atomic E-state index is 14.8. The molecule has 0 bridgehead atoms. The van der Waals surface area contributed by atoms with Crippen molar-refractivity contribution in [1.82, 2.24) is 0 Å². The number of benzene rings is 2. The highest BCUT2D eigenvalue weighted by molar-refractivity contribution is 7.93. The molecule has 1 aliphatic rings. The molecule has 2 aromatic carbocycles. The Morgan fingerprint density at radius 2 is 1.97 bits per heavy atom. The summed E-state index contributed by atoms with van der Waals surface area (Å²) in [6.45, 7) is 2.18. The number of methoxy groups -OCH3 is 1. The summed E-state index contributed by atoms with van der Waals surface area (Å²) < 4.78 is 48.8. The van der Waals surface area contributed by atoms with Gasteiger partial charge in [0.15, 0.2) is 0 Å². The third-order valence-electron chi connectivity index (χ3n) is 5.40. The van der Waals surface area contributed by atoms with Crippen molar-refractivity contribution in [3.63, 3.8) is 0 Å². The van der Waals surface area contributed by atoms with Crippen molar-refractivity contribution >= 4 is 42.4 Å². The molecule has 0 N–H and O–H groups in total. The van der Waals surface area contributed by atoms with Gasteiger partial charge in [0.1, 0.15) is 15.7 Å². The molecule has 0 spiro atoms. The highest BCUT2D eigenvalue weighted by Crippen LogP contribution is 2.41. The molecule has 0 amide bonds. The third-order valence-corrected chi connectivity index (χ3v) is 8.65. The fourth-order valence-electron chi connectivity index (χ4n) is 3.51. The molecule has 1 aromatic heterocycles. The maximum Gasteiger partial charge on any atom is 0.337 e. The minimum Gasteiger partial charge on any atom is -0.465 e. The largest absolute Gasteiger partial charge is 0.465 e. The first-order chi connectivity index (χ1) is 14.3. The number of carbonyl (C=O) groups is 1. The maximum absolute atomic E-state index is 14.8. The smallest absolute Gasteiger partial charge is 0.337 e. The average molecular weight is 448 g/mol. The monoisotopic (exact) mass is 447 g/mol. The van der Waals surface area contributed by atoms with Gasteiger partial charge in [-0.05, 0) is 54.5 Å². The summed E-state index contributed by atoms with van der Waals surface area (Å²) in [7, 11) is -2.97. The number of ether oxygens (including phenoxy) is 1. The van der Waals surface area contributed by atoms with Crippen molar-refractivity contribution in [2.45, 2.75) is 31.1 Å². The van der Waals surface area contributed by atoms with Crippen molar-refractivity contribution in [2.75, 3.05) is 18.0 Å². The third kappa shape index (κ3) is 3.81. The molecule has 1 aliphatic carbocycles. The van der Waals surface area contributed by atoms with E-state index in [2.05, 4.69) is 4.74 Å². The predicted molar refractivity (Wildman–Crippen MR) is 116 cm³/mol. The predicted octanol–water partition coefficient (Wildman–Crippen LogP) is 5.13. The van der Waals surface area contributed by atoms with Crippen molar-refractivity contribution in [3.05, 3.63) is 59.4 Å². The molecule has 0 atom stereocenters. The van der Waals surface area contributed by atoms with Crippen molar-refractivity contribution < 1.29 is 22.3 Å². The van der Waals surface area contributed by atoms with Gasteiger partial charge in [-0.2, -0.15) is 0 Å². The second-order valence-electron chi connectivity index (χ2n) is 7.47. The fourth-order valence-corrected chi connectivity index (χ4v) is 6.54. The number of nitrogens with zero attached hydrogens (tertiary/aromatic N) is 1. The summed E-state index contributed by atoms with van der Waals surface area (Å²) >= 11 is 1.39. The molecule has 0 aliphatic heterocycles. The van der Waals surface area contributed by atoms with Crippen LogP contribution in [0.4, 0.5) is 9.39 Å². The molecule has 30 heavy (non-hydrogen) atoms. The molecule has 1 saturated carbocycles. The molecule has 8 heteroatoms. The molecule has 0 unspecified atom stereocenters. The second kappa shape index (κ2) is 8.00. The first-order valence-electron chi connectivity index (χ1n) is 9.71. The van der Waals surface area contributed by atoms with Gasteiger partial charge in [0.05, 0.1) is 12.7 Å². The molecule has 158 valence electrons. The van der Waals surface area contributed by atoms with Crippen LogP contribution in [0.15, 0.2) is 47.4 Å². The number of rotatable bonds is 7. The number of carbonyl (C=O) groups excluding carboxylic acids is 1. The Balaban J connectivity index is 1.79. The van der Waals surface area contributed by atoms with Crippen LogP contribution in [0.5, 0.6) is 0 Å². The molecule has 0 saturated heterocycles. The molecule has 1 heterocycles. The number of thiophene rings is 1. The first-order valence-corrected chi connectivity index (χ1v) is 12.0. The lowest BCUT2D eigenvalue weighted by atomic mass is 10.2. The number of aryl methyl sites for hydroxylation is 1. The van der Waals surface area contributed by atoms with Crippen LogP contribution < -0.4 is 4.31 Å². The fraction of sp³-hybridized carbons (Fsp3) is 0.318. The van der Waals surface area contributed by atoms with Gasteiger partial charge in [-0.25, -0.2) is 17.6 Å². The SMILES string of the molecule is COC(=O)c1ccc(S(=O)(=O)N(CCC2CC2)c2sc3ccccc3c2C)c(F)c1. The molecular weight excluding hydrogens is 425 g/mol. The van der Waals surface area contributed by atoms with E-state index in [0.29, 0.717) is 17.5 Å². The van der Waals surface area contributed by atoms with Crippen LogP contribution in [0.2, 0.25) is 0 Å². The molecular formula is C22H22FNO4S2. The van der Waals surface area contributed by atoms with Crippen LogP contribution in [0.3, 0.4) is 0 Å². The number of hydrogen-bond acceptors (Lipinski definition) is 5. The van der Waals surface area contributed by atoms with Crippen LogP contribution in [0, 0.1) is 18.7 Å². The highest BCUT2D eigenvalue weighted by atomic mass is 32.2. The van der Waals surface area contributed by atoms with Gasteiger partial charge in [-0.3, -0.25) is 4.31 Å². The summed E-state index contributed by atoms with van der Waals surface area (Å²) in [5.74, 6) is -1.17. The minimum atomic E-state index is -4.16. The highest BCUT2D eigenvalue weighted by Gasteiger charge is 2.33. The van der Waals surface area contributed by atoms with Gasteiger partial charge in [-0.1, -0.05) is 31.0 Å². The topological polar surface area (TPSA) is 63.7 Å². The Kier molecular flexibility index (Phi) is 5.55. The summed E-state index contributed by atoms with van der Waals surface area (Å²) in [6, 6.07) is 11.1. The van der Waals surface area contributed by atoms with E-state index in [9.17, 15) is 17.6 Å². The quantitative estimate of drug-likeness (QED) is 0.471. The Hall–Kier alpha value is -2.45. The summed E-state index contributed by atoms with van der Waals surface area (Å²) in [4.78, 5) is 11.2. The summed E-state index contributed by atoms with van der Waals surface area (Å²) in [5.41, 5.74) is 0.832. The zero-order valence-corrected chi connectivity index (χ0v) is 18.4. The average Bonchev–Trinajstić information content (AvgIpc) is 3.50. The van der Waals surface area contributed by atoms with Crippen LogP contribution in [-0.4, -0.2) is 28.0 Å². The van der Waals surface area contributed by atoms with Gasteiger partial charge < -0.3 is 4.74 Å². The van der Waals surface area contributed by atoms with Gasteiger partial charge in [0.25, 0.3) is 10.0 Å². The van der Waals surface area contributed by atoms with E-state index in [4.69, 9.17) is 0 Å². The van der Waals surface area contributed by atoms with Crippen LogP contribution in [-0.2, 0) is 14.8 Å². The van der Waals surface area contributed by atoms with E-state index in [0.717, 1.165) is 47.0 Å². The van der Waals surface area contributed by atoms with E-state index in [1.165, 1.54) is 28.8 Å². The first kappa shape index (κ1) is 20.8. The van der Waals surface area contributed by atoms with E-state index in [-0.39, 0.29) is 5.56 Å². The summed E-state index contributed by atoms with van der Waals surface area (Å²) in [6.07, 6.45) is 2.93. The van der Waals surface area contributed by atoms with Gasteiger partial charge >= 0.3 is 5.97 Å². The number of esters is 1. The van der Waals surface area contributed by atoms with Crippen LogP contribution >= 0.6 is 11.3 Å². The zero-order valence-electron chi connectivity index (χ0n) is 16.7.